The third-order valence-electron chi connectivity index (χ3n) is 6.30. The number of fused-ring (bicyclic) bond motifs is 1. The lowest BCUT2D eigenvalue weighted by molar-refractivity contribution is 0.143. The standard InChI is InChI=1S/C24H31FN2/c1-19(21-6-8-24(25)9-7-21)16-26-13-10-20(11-14-26)17-27-15-12-22-4-2-3-5-23(22)18-27/h2-8,20,24H,1,9-18H2. The maximum atomic E-state index is 13.2. The van der Waals surface area contributed by atoms with E-state index in [0.717, 1.165) is 43.2 Å². The van der Waals surface area contributed by atoms with Crippen LogP contribution in [0.1, 0.15) is 30.4 Å². The molecule has 3 heteroatoms. The highest BCUT2D eigenvalue weighted by Gasteiger charge is 2.24. The first-order valence-corrected chi connectivity index (χ1v) is 10.4. The predicted molar refractivity (Wildman–Crippen MR) is 110 cm³/mol. The lowest BCUT2D eigenvalue weighted by Gasteiger charge is -2.37. The number of nitrogens with zero attached hydrogens (tertiary/aromatic N) is 2. The summed E-state index contributed by atoms with van der Waals surface area (Å²) in [7, 11) is 0. The molecule has 1 atom stereocenters. The van der Waals surface area contributed by atoms with Gasteiger partial charge in [-0.2, -0.15) is 0 Å². The van der Waals surface area contributed by atoms with E-state index >= 15 is 0 Å². The van der Waals surface area contributed by atoms with Crippen molar-refractivity contribution in [2.75, 3.05) is 32.7 Å². The lowest BCUT2D eigenvalue weighted by atomic mass is 9.93. The van der Waals surface area contributed by atoms with E-state index in [1.54, 1.807) is 6.08 Å². The number of piperidine rings is 1. The van der Waals surface area contributed by atoms with Gasteiger partial charge < -0.3 is 0 Å². The third-order valence-corrected chi connectivity index (χ3v) is 6.30. The molecule has 0 N–H and O–H groups in total. The zero-order valence-corrected chi connectivity index (χ0v) is 16.2. The summed E-state index contributed by atoms with van der Waals surface area (Å²) < 4.78 is 13.2. The van der Waals surface area contributed by atoms with Crippen LogP contribution in [-0.2, 0) is 13.0 Å². The zero-order chi connectivity index (χ0) is 18.6. The van der Waals surface area contributed by atoms with Crippen LogP contribution in [0.5, 0.6) is 0 Å². The van der Waals surface area contributed by atoms with Crippen LogP contribution in [0, 0.1) is 5.92 Å². The molecule has 2 nitrogen and oxygen atoms in total. The topological polar surface area (TPSA) is 6.48 Å². The summed E-state index contributed by atoms with van der Waals surface area (Å²) in [5, 5.41) is 0. The largest absolute Gasteiger partial charge is 0.299 e. The maximum absolute atomic E-state index is 13.2. The van der Waals surface area contributed by atoms with Crippen molar-refractivity contribution in [2.24, 2.45) is 5.92 Å². The first-order chi connectivity index (χ1) is 13.2. The second kappa shape index (κ2) is 8.53. The Kier molecular flexibility index (Phi) is 5.89. The summed E-state index contributed by atoms with van der Waals surface area (Å²) in [6.07, 6.45) is 8.96. The van der Waals surface area contributed by atoms with Gasteiger partial charge in [0.05, 0.1) is 0 Å². The van der Waals surface area contributed by atoms with Gasteiger partial charge in [0.25, 0.3) is 0 Å². The fourth-order valence-corrected chi connectivity index (χ4v) is 4.62. The predicted octanol–water partition coefficient (Wildman–Crippen LogP) is 4.54. The minimum absolute atomic E-state index is 0.492. The summed E-state index contributed by atoms with van der Waals surface area (Å²) >= 11 is 0. The molecule has 1 fully saturated rings. The van der Waals surface area contributed by atoms with E-state index in [2.05, 4.69) is 40.6 Å². The molecule has 1 aromatic rings. The molecule has 0 bridgehead atoms. The molecular formula is C24H31FN2. The van der Waals surface area contributed by atoms with Crippen molar-refractivity contribution in [1.29, 1.82) is 0 Å². The van der Waals surface area contributed by atoms with Crippen LogP contribution in [-0.4, -0.2) is 48.7 Å². The molecular weight excluding hydrogens is 335 g/mol. The van der Waals surface area contributed by atoms with Crippen molar-refractivity contribution in [2.45, 2.75) is 38.4 Å². The van der Waals surface area contributed by atoms with Crippen LogP contribution >= 0.6 is 0 Å². The van der Waals surface area contributed by atoms with E-state index in [9.17, 15) is 4.39 Å². The number of rotatable bonds is 5. The van der Waals surface area contributed by atoms with E-state index in [-0.39, 0.29) is 0 Å². The van der Waals surface area contributed by atoms with Crippen molar-refractivity contribution < 1.29 is 4.39 Å². The van der Waals surface area contributed by atoms with Gasteiger partial charge in [0.15, 0.2) is 0 Å². The van der Waals surface area contributed by atoms with Gasteiger partial charge in [0.1, 0.15) is 6.17 Å². The van der Waals surface area contributed by atoms with Crippen LogP contribution in [0.4, 0.5) is 4.39 Å². The quantitative estimate of drug-likeness (QED) is 0.755. The van der Waals surface area contributed by atoms with Crippen LogP contribution < -0.4 is 0 Å². The molecule has 1 unspecified atom stereocenters. The Bertz CT molecular complexity index is 728. The molecule has 0 saturated carbocycles. The highest BCUT2D eigenvalue weighted by atomic mass is 19.1. The monoisotopic (exact) mass is 366 g/mol. The van der Waals surface area contributed by atoms with Gasteiger partial charge in [0, 0.05) is 32.6 Å². The van der Waals surface area contributed by atoms with E-state index in [0.29, 0.717) is 6.42 Å². The van der Waals surface area contributed by atoms with Gasteiger partial charge in [-0.05, 0) is 66.6 Å². The molecule has 1 saturated heterocycles. The van der Waals surface area contributed by atoms with Crippen molar-refractivity contribution >= 4 is 0 Å². The molecule has 0 amide bonds. The first-order valence-electron chi connectivity index (χ1n) is 10.4. The van der Waals surface area contributed by atoms with Crippen LogP contribution in [0.15, 0.2) is 60.2 Å². The SMILES string of the molecule is C=C(CN1CCC(CN2CCc3ccccc3C2)CC1)C1=CCC(F)C=C1. The highest BCUT2D eigenvalue weighted by molar-refractivity contribution is 5.41. The minimum atomic E-state index is -0.820. The van der Waals surface area contributed by atoms with Crippen molar-refractivity contribution in [3.8, 4) is 0 Å². The van der Waals surface area contributed by atoms with Gasteiger partial charge in [0.2, 0.25) is 0 Å². The summed E-state index contributed by atoms with van der Waals surface area (Å²) in [5.41, 5.74) is 5.30. The molecule has 3 aliphatic rings. The molecule has 0 spiro atoms. The fraction of sp³-hybridized carbons (Fsp3) is 0.500. The molecule has 2 heterocycles. The number of allylic oxidation sites excluding steroid dienone is 3. The normalized spacial score (nSPS) is 24.5. The van der Waals surface area contributed by atoms with Crippen molar-refractivity contribution in [3.05, 3.63) is 71.3 Å². The van der Waals surface area contributed by atoms with Gasteiger partial charge >= 0.3 is 0 Å². The Morgan fingerprint density at radius 2 is 1.85 bits per heavy atom. The number of halogens is 1. The fourth-order valence-electron chi connectivity index (χ4n) is 4.62. The second-order valence-electron chi connectivity index (χ2n) is 8.35. The Hall–Kier alpha value is -1.71. The van der Waals surface area contributed by atoms with Crippen molar-refractivity contribution in [3.63, 3.8) is 0 Å². The van der Waals surface area contributed by atoms with E-state index < -0.39 is 6.17 Å². The molecule has 1 aliphatic carbocycles. The number of alkyl halides is 1. The Labute approximate surface area is 163 Å². The Balaban J connectivity index is 1.22. The molecule has 27 heavy (non-hydrogen) atoms. The summed E-state index contributed by atoms with van der Waals surface area (Å²) in [6, 6.07) is 8.89. The van der Waals surface area contributed by atoms with Crippen LogP contribution in [0.25, 0.3) is 0 Å². The maximum Gasteiger partial charge on any atom is 0.122 e. The number of hydrogen-bond acceptors (Lipinski definition) is 2. The van der Waals surface area contributed by atoms with Gasteiger partial charge in [-0.15, -0.1) is 0 Å². The molecule has 1 aromatic carbocycles. The lowest BCUT2D eigenvalue weighted by Crippen LogP contribution is -2.41. The molecule has 144 valence electrons. The highest BCUT2D eigenvalue weighted by Crippen LogP contribution is 2.25. The Morgan fingerprint density at radius 3 is 2.59 bits per heavy atom. The molecule has 0 radical (unpaired) electrons. The van der Waals surface area contributed by atoms with E-state index in [1.165, 1.54) is 43.5 Å². The number of benzene rings is 1. The average molecular weight is 367 g/mol. The summed E-state index contributed by atoms with van der Waals surface area (Å²) in [4.78, 5) is 5.16. The average Bonchev–Trinajstić information content (AvgIpc) is 2.70. The van der Waals surface area contributed by atoms with Gasteiger partial charge in [-0.25, -0.2) is 4.39 Å². The van der Waals surface area contributed by atoms with Gasteiger partial charge in [-0.3, -0.25) is 9.80 Å². The van der Waals surface area contributed by atoms with Crippen LogP contribution in [0.3, 0.4) is 0 Å². The smallest absolute Gasteiger partial charge is 0.122 e. The molecule has 0 aromatic heterocycles. The van der Waals surface area contributed by atoms with Gasteiger partial charge in [-0.1, -0.05) is 43.0 Å². The van der Waals surface area contributed by atoms with E-state index in [1.807, 2.05) is 12.2 Å². The van der Waals surface area contributed by atoms with E-state index in [4.69, 9.17) is 0 Å². The molecule has 4 rings (SSSR count). The third kappa shape index (κ3) is 4.77. The number of likely N-dealkylation sites (tertiary alicyclic amines) is 1. The second-order valence-corrected chi connectivity index (χ2v) is 8.35. The Morgan fingerprint density at radius 1 is 1.07 bits per heavy atom. The first kappa shape index (κ1) is 18.6. The molecule has 2 aliphatic heterocycles. The number of hydrogen-bond donors (Lipinski definition) is 0. The summed E-state index contributed by atoms with van der Waals surface area (Å²) in [5.74, 6) is 0.806. The zero-order valence-electron chi connectivity index (χ0n) is 16.2. The van der Waals surface area contributed by atoms with Crippen LogP contribution in [0.2, 0.25) is 0 Å². The minimum Gasteiger partial charge on any atom is -0.299 e. The van der Waals surface area contributed by atoms with Crippen molar-refractivity contribution in [1.82, 2.24) is 9.80 Å². The summed E-state index contributed by atoms with van der Waals surface area (Å²) in [6.45, 7) is 11.0.